The molecule has 7 nitrogen and oxygen atoms in total. The summed E-state index contributed by atoms with van der Waals surface area (Å²) in [6.45, 7) is 2.06. The van der Waals surface area contributed by atoms with E-state index in [1.807, 2.05) is 24.3 Å². The maximum Gasteiger partial charge on any atom is 0.228 e. The van der Waals surface area contributed by atoms with Gasteiger partial charge in [-0.3, -0.25) is 4.98 Å². The van der Waals surface area contributed by atoms with E-state index in [-0.39, 0.29) is 11.7 Å². The Hall–Kier alpha value is -4.26. The van der Waals surface area contributed by atoms with Gasteiger partial charge >= 0.3 is 0 Å². The number of hydrogen-bond acceptors (Lipinski definition) is 6. The molecule has 0 fully saturated rings. The van der Waals surface area contributed by atoms with Crippen LogP contribution in [0, 0.1) is 6.92 Å². The van der Waals surface area contributed by atoms with E-state index in [4.69, 9.17) is 9.72 Å². The molecule has 0 aliphatic carbocycles. The highest BCUT2D eigenvalue weighted by Crippen LogP contribution is 2.48. The predicted molar refractivity (Wildman–Crippen MR) is 114 cm³/mol. The molecule has 6 rings (SSSR count). The second-order valence-corrected chi connectivity index (χ2v) is 7.55. The fourth-order valence-electron chi connectivity index (χ4n) is 4.01. The molecule has 1 atom stereocenters. The third kappa shape index (κ3) is 2.82. The van der Waals surface area contributed by atoms with Gasteiger partial charge in [-0.1, -0.05) is 42.0 Å². The highest BCUT2D eigenvalue weighted by atomic mass is 16.5. The molecule has 0 saturated heterocycles. The summed E-state index contributed by atoms with van der Waals surface area (Å²) in [7, 11) is 0. The van der Waals surface area contributed by atoms with Gasteiger partial charge in [0, 0.05) is 23.7 Å². The minimum atomic E-state index is -0.170. The van der Waals surface area contributed by atoms with E-state index >= 15 is 0 Å². The van der Waals surface area contributed by atoms with Crippen molar-refractivity contribution >= 4 is 5.65 Å². The predicted octanol–water partition coefficient (Wildman–Crippen LogP) is 4.49. The monoisotopic (exact) mass is 407 g/mol. The van der Waals surface area contributed by atoms with Gasteiger partial charge in [0.1, 0.15) is 23.5 Å². The lowest BCUT2D eigenvalue weighted by molar-refractivity contribution is 0.422. The summed E-state index contributed by atoms with van der Waals surface area (Å²) in [6, 6.07) is 19.2. The quantitative estimate of drug-likeness (QED) is 0.455. The maximum atomic E-state index is 10.00. The summed E-state index contributed by atoms with van der Waals surface area (Å²) >= 11 is 0. The van der Waals surface area contributed by atoms with Crippen LogP contribution in [0.1, 0.15) is 28.2 Å². The molecular formula is C24H17N5O2. The molecule has 150 valence electrons. The number of aromatic hydroxyl groups is 1. The summed E-state index contributed by atoms with van der Waals surface area (Å²) in [4.78, 5) is 13.7. The van der Waals surface area contributed by atoms with Gasteiger partial charge in [0.25, 0.3) is 0 Å². The summed E-state index contributed by atoms with van der Waals surface area (Å²) < 4.78 is 7.75. The van der Waals surface area contributed by atoms with Gasteiger partial charge in [-0.2, -0.15) is 0 Å². The number of ether oxygens (including phenoxy) is 1. The van der Waals surface area contributed by atoms with Crippen molar-refractivity contribution in [2.24, 2.45) is 0 Å². The Labute approximate surface area is 177 Å². The topological polar surface area (TPSA) is 85.4 Å². The minimum absolute atomic E-state index is 0.144. The molecule has 1 unspecified atom stereocenters. The number of fused-ring (bicyclic) bond motifs is 4. The molecule has 7 heteroatoms. The number of benzene rings is 2. The number of nitrogens with zero attached hydrogens (tertiary/aromatic N) is 5. The van der Waals surface area contributed by atoms with Gasteiger partial charge in [0.2, 0.25) is 11.7 Å². The molecule has 0 radical (unpaired) electrons. The summed E-state index contributed by atoms with van der Waals surface area (Å²) in [5.41, 5.74) is 5.38. The average Bonchev–Trinajstić information content (AvgIpc) is 3.23. The SMILES string of the molecule is Cc1ccc(C2c3ccc(O)cc3Oc3ncn4nc(-c5ccccn5)nc4c32)cc1. The molecule has 0 spiro atoms. The van der Waals surface area contributed by atoms with E-state index in [1.165, 1.54) is 5.56 Å². The van der Waals surface area contributed by atoms with Gasteiger partial charge in [0.15, 0.2) is 5.65 Å². The normalized spacial score (nSPS) is 14.7. The number of pyridine rings is 1. The smallest absolute Gasteiger partial charge is 0.228 e. The molecule has 3 aromatic heterocycles. The molecule has 2 aromatic carbocycles. The lowest BCUT2D eigenvalue weighted by Crippen LogP contribution is -2.15. The van der Waals surface area contributed by atoms with Gasteiger partial charge in [-0.25, -0.2) is 14.5 Å². The number of rotatable bonds is 2. The molecule has 5 aromatic rings. The molecule has 4 heterocycles. The van der Waals surface area contributed by atoms with E-state index in [9.17, 15) is 5.11 Å². The zero-order valence-electron chi connectivity index (χ0n) is 16.6. The van der Waals surface area contributed by atoms with Crippen molar-refractivity contribution in [3.8, 4) is 28.9 Å². The number of hydrogen-bond donors (Lipinski definition) is 1. The number of phenolic OH excluding ortho intramolecular Hbond substituents is 1. The Morgan fingerprint density at radius 1 is 1.00 bits per heavy atom. The Bertz CT molecular complexity index is 1430. The molecule has 0 saturated carbocycles. The van der Waals surface area contributed by atoms with Crippen LogP contribution in [0.15, 0.2) is 73.2 Å². The first-order chi connectivity index (χ1) is 15.2. The third-order valence-corrected chi connectivity index (χ3v) is 5.50. The standard InChI is InChI=1S/C24H17N5O2/c1-14-5-7-15(8-6-14)20-17-10-9-16(30)12-19(17)31-24-21(20)23-27-22(28-29(23)13-26-24)18-4-2-3-11-25-18/h2-13,20,30H,1H3. The van der Waals surface area contributed by atoms with Crippen LogP contribution in [-0.4, -0.2) is 29.7 Å². The van der Waals surface area contributed by atoms with E-state index in [1.54, 1.807) is 29.2 Å². The van der Waals surface area contributed by atoms with E-state index in [2.05, 4.69) is 46.3 Å². The second kappa shape index (κ2) is 6.63. The Morgan fingerprint density at radius 2 is 1.87 bits per heavy atom. The van der Waals surface area contributed by atoms with Crippen molar-refractivity contribution in [1.82, 2.24) is 24.6 Å². The van der Waals surface area contributed by atoms with Gasteiger partial charge < -0.3 is 9.84 Å². The molecule has 1 N–H and O–H groups in total. The number of phenols is 1. The van der Waals surface area contributed by atoms with E-state index in [0.717, 1.165) is 16.7 Å². The van der Waals surface area contributed by atoms with Crippen LogP contribution >= 0.6 is 0 Å². The Morgan fingerprint density at radius 3 is 2.68 bits per heavy atom. The van der Waals surface area contributed by atoms with Gasteiger partial charge in [0.05, 0.1) is 5.56 Å². The maximum absolute atomic E-state index is 10.00. The van der Waals surface area contributed by atoms with Crippen molar-refractivity contribution in [3.05, 3.63) is 95.4 Å². The van der Waals surface area contributed by atoms with Crippen LogP contribution in [0.3, 0.4) is 0 Å². The molecular weight excluding hydrogens is 390 g/mol. The van der Waals surface area contributed by atoms with Crippen LogP contribution in [0.4, 0.5) is 0 Å². The highest BCUT2D eigenvalue weighted by Gasteiger charge is 2.33. The van der Waals surface area contributed by atoms with E-state index in [0.29, 0.717) is 28.8 Å². The molecule has 0 amide bonds. The first kappa shape index (κ1) is 17.6. The highest BCUT2D eigenvalue weighted by molar-refractivity contribution is 5.68. The van der Waals surface area contributed by atoms with Crippen molar-refractivity contribution < 1.29 is 9.84 Å². The summed E-state index contributed by atoms with van der Waals surface area (Å²) in [5.74, 6) is 1.54. The lowest BCUT2D eigenvalue weighted by Gasteiger charge is -2.27. The third-order valence-electron chi connectivity index (χ3n) is 5.50. The van der Waals surface area contributed by atoms with Crippen LogP contribution in [0.5, 0.6) is 17.4 Å². The largest absolute Gasteiger partial charge is 0.508 e. The zero-order valence-corrected chi connectivity index (χ0v) is 16.6. The molecule has 31 heavy (non-hydrogen) atoms. The van der Waals surface area contributed by atoms with Crippen LogP contribution in [0.2, 0.25) is 0 Å². The first-order valence-electron chi connectivity index (χ1n) is 9.91. The fourth-order valence-corrected chi connectivity index (χ4v) is 4.01. The van der Waals surface area contributed by atoms with Crippen molar-refractivity contribution in [2.45, 2.75) is 12.8 Å². The molecule has 0 bridgehead atoms. The van der Waals surface area contributed by atoms with Gasteiger partial charge in [-0.15, -0.1) is 5.10 Å². The summed E-state index contributed by atoms with van der Waals surface area (Å²) in [6.07, 6.45) is 3.31. The summed E-state index contributed by atoms with van der Waals surface area (Å²) in [5, 5.41) is 14.6. The first-order valence-corrected chi connectivity index (χ1v) is 9.91. The second-order valence-electron chi connectivity index (χ2n) is 7.55. The molecule has 1 aliphatic heterocycles. The van der Waals surface area contributed by atoms with Crippen molar-refractivity contribution in [2.75, 3.05) is 0 Å². The van der Waals surface area contributed by atoms with Gasteiger partial charge in [-0.05, 0) is 30.7 Å². The lowest BCUT2D eigenvalue weighted by atomic mass is 9.83. The zero-order chi connectivity index (χ0) is 20.9. The number of aromatic nitrogens is 5. The van der Waals surface area contributed by atoms with Crippen molar-refractivity contribution in [1.29, 1.82) is 0 Å². The minimum Gasteiger partial charge on any atom is -0.508 e. The molecule has 1 aliphatic rings. The van der Waals surface area contributed by atoms with Crippen molar-refractivity contribution in [3.63, 3.8) is 0 Å². The fraction of sp³-hybridized carbons (Fsp3) is 0.0833. The Balaban J connectivity index is 1.62. The van der Waals surface area contributed by atoms with E-state index < -0.39 is 0 Å². The van der Waals surface area contributed by atoms with Crippen LogP contribution in [0.25, 0.3) is 17.2 Å². The van der Waals surface area contributed by atoms with Crippen LogP contribution in [-0.2, 0) is 0 Å². The average molecular weight is 407 g/mol. The van der Waals surface area contributed by atoms with Crippen LogP contribution < -0.4 is 4.74 Å². The number of aryl methyl sites for hydroxylation is 1. The Kier molecular flexibility index (Phi) is 3.76.